The highest BCUT2D eigenvalue weighted by atomic mass is 127. The first kappa shape index (κ1) is 24.0. The van der Waals surface area contributed by atoms with E-state index in [4.69, 9.17) is 0 Å². The molecule has 3 aromatic rings. The minimum atomic E-state index is -5.24. The summed E-state index contributed by atoms with van der Waals surface area (Å²) in [6, 6.07) is 25.5. The van der Waals surface area contributed by atoms with Crippen molar-refractivity contribution in [3.8, 4) is 5.75 Å². The lowest BCUT2D eigenvalue weighted by molar-refractivity contribution is -0.0389. The lowest BCUT2D eigenvalue weighted by Crippen LogP contribution is -2.37. The summed E-state index contributed by atoms with van der Waals surface area (Å²) in [6.45, 7) is 0. The number of hydrogen-bond acceptors (Lipinski definition) is 4. The minimum absolute atomic E-state index is 0.213. The van der Waals surface area contributed by atoms with Gasteiger partial charge in [-0.15, -0.1) is 7.20 Å². The van der Waals surface area contributed by atoms with Gasteiger partial charge in [0.15, 0.2) is 0 Å². The van der Waals surface area contributed by atoms with E-state index in [1.54, 1.807) is 12.1 Å². The van der Waals surface area contributed by atoms with Crippen molar-refractivity contribution in [2.75, 3.05) is 0 Å². The second-order valence-electron chi connectivity index (χ2n) is 5.97. The summed E-state index contributed by atoms with van der Waals surface area (Å²) in [5.74, 6) is -0.213. The fourth-order valence-corrected chi connectivity index (χ4v) is 9.25. The molecule has 1 N–H and O–H groups in total. The van der Waals surface area contributed by atoms with Gasteiger partial charge in [-0.1, -0.05) is 40.5 Å². The van der Waals surface area contributed by atoms with Gasteiger partial charge in [-0.3, -0.25) is 0 Å². The van der Waals surface area contributed by atoms with Gasteiger partial charge in [0.1, 0.15) is 5.75 Å². The SMILES string of the molecule is O=S(NS(=O)(=O)Oc1ccc(S(I)(c2ccccc2)c2ccccc2)cc1)C(F)(F)F. The number of hydrogen-bond donors (Lipinski definition) is 1. The van der Waals surface area contributed by atoms with Crippen LogP contribution in [-0.2, 0) is 21.3 Å². The van der Waals surface area contributed by atoms with Gasteiger partial charge in [0, 0.05) is 14.7 Å². The first-order valence-corrected chi connectivity index (χ1v) is 15.2. The molecule has 12 heteroatoms. The quantitative estimate of drug-likeness (QED) is 0.352. The molecule has 0 bridgehead atoms. The van der Waals surface area contributed by atoms with Crippen molar-refractivity contribution in [2.45, 2.75) is 20.2 Å². The second-order valence-corrected chi connectivity index (χ2v) is 15.2. The normalized spacial score (nSPS) is 14.1. The van der Waals surface area contributed by atoms with Crippen LogP contribution in [0.2, 0.25) is 0 Å². The van der Waals surface area contributed by atoms with Crippen LogP contribution in [0.4, 0.5) is 13.2 Å². The summed E-state index contributed by atoms with van der Waals surface area (Å²) in [5.41, 5.74) is -5.24. The maximum Gasteiger partial charge on any atom is 0.486 e. The summed E-state index contributed by atoms with van der Waals surface area (Å²) in [5, 5.41) is 0. The molecule has 0 fully saturated rings. The number of nitrogens with one attached hydrogen (secondary N) is 1. The molecule has 0 aliphatic rings. The Bertz CT molecular complexity index is 1120. The molecule has 0 radical (unpaired) electrons. The van der Waals surface area contributed by atoms with E-state index in [0.717, 1.165) is 18.8 Å². The molecule has 0 aromatic heterocycles. The molecule has 0 spiro atoms. The highest BCUT2D eigenvalue weighted by Crippen LogP contribution is 2.74. The Balaban J connectivity index is 1.92. The van der Waals surface area contributed by atoms with E-state index in [9.17, 15) is 25.8 Å². The Hall–Kier alpha value is -1.61. The zero-order valence-corrected chi connectivity index (χ0v) is 20.1. The van der Waals surface area contributed by atoms with Crippen LogP contribution in [0, 0.1) is 0 Å². The number of benzene rings is 3. The topological polar surface area (TPSA) is 72.5 Å². The van der Waals surface area contributed by atoms with E-state index in [-0.39, 0.29) is 5.75 Å². The van der Waals surface area contributed by atoms with Gasteiger partial charge in [-0.2, -0.15) is 21.6 Å². The molecule has 3 aromatic carbocycles. The van der Waals surface area contributed by atoms with Crippen molar-refractivity contribution in [1.29, 1.82) is 0 Å². The average molecular weight is 601 g/mol. The highest BCUT2D eigenvalue weighted by molar-refractivity contribution is 14.2. The van der Waals surface area contributed by atoms with E-state index in [2.05, 4.69) is 25.4 Å². The van der Waals surface area contributed by atoms with E-state index in [1.807, 2.05) is 60.7 Å². The molecular weight excluding hydrogens is 586 g/mol. The van der Waals surface area contributed by atoms with Gasteiger partial charge in [0.2, 0.25) is 11.0 Å². The maximum absolute atomic E-state index is 12.3. The molecule has 1 unspecified atom stereocenters. The van der Waals surface area contributed by atoms with Gasteiger partial charge >= 0.3 is 15.8 Å². The van der Waals surface area contributed by atoms with E-state index < -0.39 is 34.0 Å². The van der Waals surface area contributed by atoms with Gasteiger partial charge in [-0.25, -0.2) is 4.21 Å². The summed E-state index contributed by atoms with van der Waals surface area (Å²) < 4.78 is 77.1. The van der Waals surface area contributed by atoms with Crippen molar-refractivity contribution >= 4 is 49.7 Å². The van der Waals surface area contributed by atoms with Crippen LogP contribution in [0.25, 0.3) is 0 Å². The third kappa shape index (κ3) is 5.80. The minimum Gasteiger partial charge on any atom is -0.370 e. The average Bonchev–Trinajstić information content (AvgIpc) is 2.73. The molecule has 31 heavy (non-hydrogen) atoms. The van der Waals surface area contributed by atoms with E-state index in [1.165, 1.54) is 12.1 Å². The highest BCUT2D eigenvalue weighted by Gasteiger charge is 2.40. The molecule has 0 saturated heterocycles. The van der Waals surface area contributed by atoms with Gasteiger partial charge in [0.25, 0.3) is 0 Å². The molecule has 5 nitrogen and oxygen atoms in total. The van der Waals surface area contributed by atoms with Crippen molar-refractivity contribution in [1.82, 2.24) is 4.13 Å². The molecule has 0 heterocycles. The Morgan fingerprint density at radius 3 is 1.61 bits per heavy atom. The summed E-state index contributed by atoms with van der Waals surface area (Å²) in [4.78, 5) is 3.00. The summed E-state index contributed by atoms with van der Waals surface area (Å²) >= 11 is 2.38. The third-order valence-corrected chi connectivity index (χ3v) is 13.5. The fraction of sp³-hybridized carbons (Fsp3) is 0.0526. The standard InChI is InChI=1S/C19H15F3INO4S3/c20-19(21,22)29(25)24-31(26,27)28-15-11-13-18(14-12-15)30(23,16-7-3-1-4-8-16)17-9-5-2-6-10-17/h1-14,24H. The monoisotopic (exact) mass is 601 g/mol. The predicted molar refractivity (Wildman–Crippen MR) is 123 cm³/mol. The molecular formula is C19H15F3INO4S3. The van der Waals surface area contributed by atoms with Crippen LogP contribution >= 0.6 is 28.4 Å². The van der Waals surface area contributed by atoms with Gasteiger partial charge < -0.3 is 4.18 Å². The van der Waals surface area contributed by atoms with Crippen LogP contribution in [0.1, 0.15) is 0 Å². The molecule has 1 atom stereocenters. The van der Waals surface area contributed by atoms with Crippen molar-refractivity contribution in [2.24, 2.45) is 0 Å². The Morgan fingerprint density at radius 1 is 0.774 bits per heavy atom. The van der Waals surface area contributed by atoms with E-state index >= 15 is 0 Å². The molecule has 3 rings (SSSR count). The number of alkyl halides is 3. The van der Waals surface area contributed by atoms with Crippen molar-refractivity contribution < 1.29 is 30.0 Å². The summed E-state index contributed by atoms with van der Waals surface area (Å²) in [7, 11) is -10.5. The molecule has 0 saturated carbocycles. The number of rotatable bonds is 7. The largest absolute Gasteiger partial charge is 0.486 e. The molecule has 0 amide bonds. The Morgan fingerprint density at radius 2 is 1.19 bits per heavy atom. The second kappa shape index (κ2) is 9.48. The van der Waals surface area contributed by atoms with Crippen molar-refractivity contribution in [3.63, 3.8) is 0 Å². The molecule has 0 aliphatic carbocycles. The lowest BCUT2D eigenvalue weighted by Gasteiger charge is -2.35. The van der Waals surface area contributed by atoms with Crippen LogP contribution in [0.15, 0.2) is 99.6 Å². The zero-order chi connectivity index (χ0) is 22.7. The fourth-order valence-electron chi connectivity index (χ4n) is 2.59. The zero-order valence-electron chi connectivity index (χ0n) is 15.5. The third-order valence-electron chi connectivity index (χ3n) is 3.88. The van der Waals surface area contributed by atoms with Crippen molar-refractivity contribution in [3.05, 3.63) is 84.9 Å². The van der Waals surface area contributed by atoms with Crippen LogP contribution in [0.3, 0.4) is 0 Å². The van der Waals surface area contributed by atoms with Gasteiger partial charge in [0.05, 0.1) is 0 Å². The Labute approximate surface area is 193 Å². The van der Waals surface area contributed by atoms with Crippen LogP contribution < -0.4 is 8.31 Å². The first-order valence-electron chi connectivity index (χ1n) is 8.46. The summed E-state index contributed by atoms with van der Waals surface area (Å²) in [6.07, 6.45) is 0. The molecule has 0 aliphatic heterocycles. The predicted octanol–water partition coefficient (Wildman–Crippen LogP) is 5.72. The molecule has 166 valence electrons. The van der Waals surface area contributed by atoms with Crippen LogP contribution in [-0.4, -0.2) is 18.1 Å². The smallest absolute Gasteiger partial charge is 0.370 e. The number of halogens is 4. The van der Waals surface area contributed by atoms with E-state index in [0.29, 0.717) is 0 Å². The lowest BCUT2D eigenvalue weighted by atomic mass is 10.3. The van der Waals surface area contributed by atoms with Gasteiger partial charge in [-0.05, 0) is 69.7 Å². The first-order chi connectivity index (χ1) is 14.5. The Kier molecular flexibility index (Phi) is 7.35. The maximum atomic E-state index is 12.3. The van der Waals surface area contributed by atoms with Crippen LogP contribution in [0.5, 0.6) is 5.75 Å².